The van der Waals surface area contributed by atoms with Crippen LogP contribution in [-0.2, 0) is 0 Å². The highest BCUT2D eigenvalue weighted by molar-refractivity contribution is 6.03. The Morgan fingerprint density at radius 1 is 1.16 bits per heavy atom. The van der Waals surface area contributed by atoms with Crippen LogP contribution in [0.5, 0.6) is 11.5 Å². The lowest BCUT2D eigenvalue weighted by Gasteiger charge is -2.31. The van der Waals surface area contributed by atoms with Crippen molar-refractivity contribution in [2.24, 2.45) is 0 Å². The maximum Gasteiger partial charge on any atom is 0.320 e. The van der Waals surface area contributed by atoms with Gasteiger partial charge in [-0.1, -0.05) is 30.3 Å². The van der Waals surface area contributed by atoms with Crippen molar-refractivity contribution in [3.63, 3.8) is 0 Å². The second-order valence-electron chi connectivity index (χ2n) is 6.86. The van der Waals surface area contributed by atoms with Crippen molar-refractivity contribution in [2.75, 3.05) is 6.61 Å². The number of benzene rings is 2. The Kier molecular flexibility index (Phi) is 5.31. The van der Waals surface area contributed by atoms with E-state index in [4.69, 9.17) is 4.74 Å². The summed E-state index contributed by atoms with van der Waals surface area (Å²) in [6.45, 7) is 1.92. The van der Waals surface area contributed by atoms with Gasteiger partial charge >= 0.3 is 11.7 Å². The normalized spacial score (nSPS) is 15.9. The van der Waals surface area contributed by atoms with Gasteiger partial charge in [-0.15, -0.1) is 0 Å². The predicted molar refractivity (Wildman–Crippen MR) is 114 cm³/mol. The smallest absolute Gasteiger partial charge is 0.320 e. The number of aromatic amines is 1. The maximum atomic E-state index is 12.5. The Hall–Kier alpha value is -4.27. The molecule has 0 aliphatic carbocycles. The predicted octanol–water partition coefficient (Wildman–Crippen LogP) is 3.95. The molecule has 0 spiro atoms. The van der Waals surface area contributed by atoms with Gasteiger partial charge in [0.15, 0.2) is 5.75 Å². The number of nitro groups is 1. The highest BCUT2D eigenvalue weighted by Gasteiger charge is 2.33. The second kappa shape index (κ2) is 8.23. The number of urea groups is 1. The van der Waals surface area contributed by atoms with Crippen molar-refractivity contribution in [1.29, 1.82) is 0 Å². The second-order valence-corrected chi connectivity index (χ2v) is 6.86. The Morgan fingerprint density at radius 3 is 2.58 bits per heavy atom. The highest BCUT2D eigenvalue weighted by atomic mass is 16.6. The molecule has 2 heterocycles. The molecule has 0 radical (unpaired) electrons. The SMILES string of the molecule is CCOc1cc(C2NC(=O)NC(c3cc[nH]c3)=C2c2ccccc2)cc([N+](=O)[O-])c1O. The van der Waals surface area contributed by atoms with E-state index >= 15 is 0 Å². The van der Waals surface area contributed by atoms with Crippen molar-refractivity contribution >= 4 is 23.0 Å². The lowest BCUT2D eigenvalue weighted by Crippen LogP contribution is -2.42. The lowest BCUT2D eigenvalue weighted by molar-refractivity contribution is -0.386. The van der Waals surface area contributed by atoms with Crippen LogP contribution in [0.1, 0.15) is 29.7 Å². The van der Waals surface area contributed by atoms with Gasteiger partial charge in [0.2, 0.25) is 5.75 Å². The van der Waals surface area contributed by atoms with Gasteiger partial charge in [-0.3, -0.25) is 10.1 Å². The Labute approximate surface area is 177 Å². The number of phenols is 1. The zero-order chi connectivity index (χ0) is 22.0. The molecule has 1 unspecified atom stereocenters. The number of nitro benzene ring substituents is 1. The van der Waals surface area contributed by atoms with Crippen LogP contribution in [0, 0.1) is 10.1 Å². The molecular formula is C22H20N4O5. The minimum absolute atomic E-state index is 0.0184. The van der Waals surface area contributed by atoms with Crippen molar-refractivity contribution in [2.45, 2.75) is 13.0 Å². The van der Waals surface area contributed by atoms with E-state index in [2.05, 4.69) is 15.6 Å². The number of hydrogen-bond acceptors (Lipinski definition) is 5. The van der Waals surface area contributed by atoms with Gasteiger partial charge in [0.25, 0.3) is 0 Å². The largest absolute Gasteiger partial charge is 0.500 e. The fourth-order valence-corrected chi connectivity index (χ4v) is 3.64. The van der Waals surface area contributed by atoms with Crippen LogP contribution in [-0.4, -0.2) is 27.7 Å². The van der Waals surface area contributed by atoms with E-state index in [1.807, 2.05) is 36.4 Å². The topological polar surface area (TPSA) is 130 Å². The van der Waals surface area contributed by atoms with Crippen molar-refractivity contribution in [3.8, 4) is 11.5 Å². The van der Waals surface area contributed by atoms with Gasteiger partial charge in [-0.2, -0.15) is 0 Å². The van der Waals surface area contributed by atoms with Crippen LogP contribution >= 0.6 is 0 Å². The number of aromatic hydroxyl groups is 1. The molecule has 1 atom stereocenters. The molecule has 0 saturated heterocycles. The summed E-state index contributed by atoms with van der Waals surface area (Å²) >= 11 is 0. The summed E-state index contributed by atoms with van der Waals surface area (Å²) in [5, 5.41) is 27.5. The minimum Gasteiger partial charge on any atom is -0.500 e. The summed E-state index contributed by atoms with van der Waals surface area (Å²) < 4.78 is 5.42. The highest BCUT2D eigenvalue weighted by Crippen LogP contribution is 2.43. The fraction of sp³-hybridized carbons (Fsp3) is 0.136. The number of ether oxygens (including phenoxy) is 1. The van der Waals surface area contributed by atoms with E-state index in [0.717, 1.165) is 16.7 Å². The number of rotatable bonds is 6. The van der Waals surface area contributed by atoms with Gasteiger partial charge < -0.3 is 25.5 Å². The zero-order valence-electron chi connectivity index (χ0n) is 16.6. The number of H-pyrrole nitrogens is 1. The number of amides is 2. The summed E-state index contributed by atoms with van der Waals surface area (Å²) in [5.41, 5.74) is 2.80. The number of phenolic OH excluding ortho intramolecular Hbond substituents is 1. The molecule has 4 rings (SSSR count). The third-order valence-corrected chi connectivity index (χ3v) is 4.95. The number of hydrogen-bond donors (Lipinski definition) is 4. The number of nitrogens with zero attached hydrogens (tertiary/aromatic N) is 1. The first-order valence-corrected chi connectivity index (χ1v) is 9.64. The molecule has 31 heavy (non-hydrogen) atoms. The molecule has 2 aromatic carbocycles. The molecule has 2 amide bonds. The first-order chi connectivity index (χ1) is 15.0. The standard InChI is InChI=1S/C22H20N4O5/c1-2-31-17-11-15(10-16(21(17)27)26(29)30)20-18(13-6-4-3-5-7-13)19(24-22(28)25-20)14-8-9-23-12-14/h3-12,20,23,27H,2H2,1H3,(H2,24,25,28). The average molecular weight is 420 g/mol. The van der Waals surface area contributed by atoms with Crippen LogP contribution in [0.4, 0.5) is 10.5 Å². The van der Waals surface area contributed by atoms with Crippen LogP contribution in [0.15, 0.2) is 60.9 Å². The first-order valence-electron chi connectivity index (χ1n) is 9.64. The lowest BCUT2D eigenvalue weighted by atomic mass is 9.88. The molecule has 9 nitrogen and oxygen atoms in total. The van der Waals surface area contributed by atoms with Crippen LogP contribution < -0.4 is 15.4 Å². The monoisotopic (exact) mass is 420 g/mol. The number of aromatic nitrogens is 1. The average Bonchev–Trinajstić information content (AvgIpc) is 3.30. The molecule has 1 aliphatic heterocycles. The van der Waals surface area contributed by atoms with Gasteiger partial charge in [-0.05, 0) is 30.2 Å². The quantitative estimate of drug-likeness (QED) is 0.354. The van der Waals surface area contributed by atoms with Gasteiger partial charge in [0.1, 0.15) is 0 Å². The Balaban J connectivity index is 1.97. The molecule has 0 bridgehead atoms. The fourth-order valence-electron chi connectivity index (χ4n) is 3.64. The Morgan fingerprint density at radius 2 is 1.94 bits per heavy atom. The molecule has 3 aromatic rings. The zero-order valence-corrected chi connectivity index (χ0v) is 16.6. The Bertz CT molecular complexity index is 1160. The number of carbonyl (C=O) groups excluding carboxylic acids is 1. The number of carbonyl (C=O) groups is 1. The maximum absolute atomic E-state index is 12.5. The number of nitrogens with one attached hydrogen (secondary N) is 3. The van der Waals surface area contributed by atoms with Crippen molar-refractivity contribution in [3.05, 3.63) is 87.7 Å². The molecule has 1 aliphatic rings. The first kappa shape index (κ1) is 20.0. The summed E-state index contributed by atoms with van der Waals surface area (Å²) in [6, 6.07) is 12.8. The van der Waals surface area contributed by atoms with E-state index in [0.29, 0.717) is 11.3 Å². The van der Waals surface area contributed by atoms with Crippen molar-refractivity contribution in [1.82, 2.24) is 15.6 Å². The summed E-state index contributed by atoms with van der Waals surface area (Å²) in [7, 11) is 0. The van der Waals surface area contributed by atoms with Gasteiger partial charge in [0, 0.05) is 29.6 Å². The van der Waals surface area contributed by atoms with Gasteiger partial charge in [-0.25, -0.2) is 4.79 Å². The molecule has 4 N–H and O–H groups in total. The van der Waals surface area contributed by atoms with Crippen LogP contribution in [0.3, 0.4) is 0 Å². The molecule has 0 saturated carbocycles. The summed E-state index contributed by atoms with van der Waals surface area (Å²) in [5.74, 6) is -0.568. The van der Waals surface area contributed by atoms with E-state index in [9.17, 15) is 20.0 Å². The molecule has 158 valence electrons. The van der Waals surface area contributed by atoms with Gasteiger partial charge in [0.05, 0.1) is 23.3 Å². The van der Waals surface area contributed by atoms with E-state index in [-0.39, 0.29) is 12.4 Å². The summed E-state index contributed by atoms with van der Waals surface area (Å²) in [6.07, 6.45) is 3.50. The van der Waals surface area contributed by atoms with Crippen LogP contribution in [0.25, 0.3) is 11.3 Å². The molecular weight excluding hydrogens is 400 g/mol. The van der Waals surface area contributed by atoms with Crippen LogP contribution in [0.2, 0.25) is 0 Å². The van der Waals surface area contributed by atoms with E-state index in [1.54, 1.807) is 19.3 Å². The molecule has 0 fully saturated rings. The molecule has 9 heteroatoms. The van der Waals surface area contributed by atoms with E-state index < -0.39 is 28.4 Å². The molecule has 1 aromatic heterocycles. The summed E-state index contributed by atoms with van der Waals surface area (Å²) in [4.78, 5) is 26.4. The third kappa shape index (κ3) is 3.80. The van der Waals surface area contributed by atoms with Crippen molar-refractivity contribution < 1.29 is 19.6 Å². The minimum atomic E-state index is -0.723. The third-order valence-electron chi connectivity index (χ3n) is 4.95. The van der Waals surface area contributed by atoms with E-state index in [1.165, 1.54) is 12.1 Å².